The summed E-state index contributed by atoms with van der Waals surface area (Å²) in [5.74, 6) is 0.663. The van der Waals surface area contributed by atoms with E-state index in [9.17, 15) is 4.79 Å². The maximum Gasteiger partial charge on any atom is 0.223 e. The van der Waals surface area contributed by atoms with Gasteiger partial charge in [0.2, 0.25) is 5.91 Å². The zero-order chi connectivity index (χ0) is 11.4. The Kier molecular flexibility index (Phi) is 3.96. The van der Waals surface area contributed by atoms with E-state index < -0.39 is 0 Å². The molecule has 0 radical (unpaired) electrons. The molecule has 4 nitrogen and oxygen atoms in total. The van der Waals surface area contributed by atoms with Crippen molar-refractivity contribution in [2.45, 2.75) is 6.42 Å². The highest BCUT2D eigenvalue weighted by Gasteiger charge is 2.27. The standard InChI is InChI=1S/C12H21N3O/c1-2-11-9-12(16)15(10-11)8-7-14-5-3-13-4-6-14/h2,11,13H,1,3-10H2. The minimum absolute atomic E-state index is 0.292. The van der Waals surface area contributed by atoms with Gasteiger partial charge >= 0.3 is 0 Å². The lowest BCUT2D eigenvalue weighted by molar-refractivity contribution is -0.127. The third kappa shape index (κ3) is 2.83. The number of amides is 1. The first kappa shape index (κ1) is 11.6. The summed E-state index contributed by atoms with van der Waals surface area (Å²) in [6, 6.07) is 0. The summed E-state index contributed by atoms with van der Waals surface area (Å²) >= 11 is 0. The SMILES string of the molecule is C=CC1CC(=O)N(CCN2CCNCC2)C1. The fraction of sp³-hybridized carbons (Fsp3) is 0.750. The molecular weight excluding hydrogens is 202 g/mol. The topological polar surface area (TPSA) is 35.6 Å². The maximum atomic E-state index is 11.7. The second-order valence-electron chi connectivity index (χ2n) is 4.63. The highest BCUT2D eigenvalue weighted by Crippen LogP contribution is 2.17. The number of hydrogen-bond donors (Lipinski definition) is 1. The van der Waals surface area contributed by atoms with Crippen LogP contribution in [0.15, 0.2) is 12.7 Å². The summed E-state index contributed by atoms with van der Waals surface area (Å²) in [6.07, 6.45) is 2.56. The van der Waals surface area contributed by atoms with Crippen molar-refractivity contribution in [1.82, 2.24) is 15.1 Å². The van der Waals surface area contributed by atoms with Gasteiger partial charge in [-0.2, -0.15) is 0 Å². The Bertz CT molecular complexity index is 261. The van der Waals surface area contributed by atoms with Gasteiger partial charge in [-0.05, 0) is 0 Å². The third-order valence-electron chi connectivity index (χ3n) is 3.47. The Morgan fingerprint density at radius 2 is 2.12 bits per heavy atom. The van der Waals surface area contributed by atoms with E-state index >= 15 is 0 Å². The van der Waals surface area contributed by atoms with Crippen molar-refractivity contribution in [2.75, 3.05) is 45.8 Å². The first-order chi connectivity index (χ1) is 7.79. The lowest BCUT2D eigenvalue weighted by atomic mass is 10.1. The van der Waals surface area contributed by atoms with E-state index in [1.54, 1.807) is 0 Å². The van der Waals surface area contributed by atoms with Crippen LogP contribution in [0.1, 0.15) is 6.42 Å². The van der Waals surface area contributed by atoms with Gasteiger partial charge < -0.3 is 10.2 Å². The van der Waals surface area contributed by atoms with Crippen molar-refractivity contribution < 1.29 is 4.79 Å². The quantitative estimate of drug-likeness (QED) is 0.678. The smallest absolute Gasteiger partial charge is 0.223 e. The molecular formula is C12H21N3O. The van der Waals surface area contributed by atoms with Gasteiger partial charge in [-0.25, -0.2) is 0 Å². The molecule has 0 aromatic carbocycles. The second-order valence-corrected chi connectivity index (χ2v) is 4.63. The van der Waals surface area contributed by atoms with Crippen LogP contribution in [0.2, 0.25) is 0 Å². The van der Waals surface area contributed by atoms with Gasteiger partial charge in [-0.3, -0.25) is 9.69 Å². The van der Waals surface area contributed by atoms with Gasteiger partial charge in [0.05, 0.1) is 0 Å². The van der Waals surface area contributed by atoms with Crippen LogP contribution in [0, 0.1) is 5.92 Å². The summed E-state index contributed by atoms with van der Waals surface area (Å²) < 4.78 is 0. The predicted octanol–water partition coefficient (Wildman–Crippen LogP) is -0.0739. The van der Waals surface area contributed by atoms with Crippen LogP contribution in [0.3, 0.4) is 0 Å². The Balaban J connectivity index is 1.73. The molecule has 2 fully saturated rings. The molecule has 2 aliphatic rings. The first-order valence-corrected chi connectivity index (χ1v) is 6.13. The molecule has 2 rings (SSSR count). The molecule has 1 atom stereocenters. The second kappa shape index (κ2) is 5.46. The Morgan fingerprint density at radius 1 is 1.38 bits per heavy atom. The largest absolute Gasteiger partial charge is 0.341 e. The molecule has 0 saturated carbocycles. The first-order valence-electron chi connectivity index (χ1n) is 6.13. The summed E-state index contributed by atoms with van der Waals surface area (Å²) in [4.78, 5) is 16.1. The van der Waals surface area contributed by atoms with Crippen molar-refractivity contribution in [3.05, 3.63) is 12.7 Å². The molecule has 0 aromatic rings. The number of carbonyl (C=O) groups is 1. The summed E-state index contributed by atoms with van der Waals surface area (Å²) in [5.41, 5.74) is 0. The number of likely N-dealkylation sites (tertiary alicyclic amines) is 1. The molecule has 0 aliphatic carbocycles. The average Bonchev–Trinajstić information content (AvgIpc) is 2.69. The van der Waals surface area contributed by atoms with Gasteiger partial charge in [0.15, 0.2) is 0 Å². The predicted molar refractivity (Wildman–Crippen MR) is 64.2 cm³/mol. The summed E-state index contributed by atoms with van der Waals surface area (Å²) in [7, 11) is 0. The number of nitrogens with one attached hydrogen (secondary N) is 1. The van der Waals surface area contributed by atoms with Gasteiger partial charge in [-0.1, -0.05) is 6.08 Å². The summed E-state index contributed by atoms with van der Waals surface area (Å²) in [6.45, 7) is 10.9. The van der Waals surface area contributed by atoms with E-state index in [-0.39, 0.29) is 0 Å². The van der Waals surface area contributed by atoms with Crippen molar-refractivity contribution in [3.63, 3.8) is 0 Å². The fourth-order valence-corrected chi connectivity index (χ4v) is 2.37. The summed E-state index contributed by atoms with van der Waals surface area (Å²) in [5, 5.41) is 3.33. The van der Waals surface area contributed by atoms with Gasteiger partial charge in [0.1, 0.15) is 0 Å². The highest BCUT2D eigenvalue weighted by atomic mass is 16.2. The molecule has 0 aromatic heterocycles. The van der Waals surface area contributed by atoms with Crippen molar-refractivity contribution in [2.24, 2.45) is 5.92 Å². The van der Waals surface area contributed by atoms with E-state index in [2.05, 4.69) is 16.8 Å². The number of hydrogen-bond acceptors (Lipinski definition) is 3. The molecule has 2 aliphatic heterocycles. The molecule has 1 N–H and O–H groups in total. The molecule has 0 bridgehead atoms. The molecule has 1 amide bonds. The molecule has 2 saturated heterocycles. The van der Waals surface area contributed by atoms with Crippen LogP contribution >= 0.6 is 0 Å². The molecule has 1 unspecified atom stereocenters. The maximum absolute atomic E-state index is 11.7. The lowest BCUT2D eigenvalue weighted by Gasteiger charge is -2.29. The van der Waals surface area contributed by atoms with Gasteiger partial charge in [0.25, 0.3) is 0 Å². The Morgan fingerprint density at radius 3 is 2.75 bits per heavy atom. The van der Waals surface area contributed by atoms with Crippen LogP contribution in [0.4, 0.5) is 0 Å². The minimum atomic E-state index is 0.292. The van der Waals surface area contributed by atoms with Gasteiger partial charge in [0, 0.05) is 58.2 Å². The van der Waals surface area contributed by atoms with Crippen LogP contribution in [0.25, 0.3) is 0 Å². The Labute approximate surface area is 97.3 Å². The monoisotopic (exact) mass is 223 g/mol. The van der Waals surface area contributed by atoms with E-state index in [1.165, 1.54) is 0 Å². The van der Waals surface area contributed by atoms with E-state index in [1.807, 2.05) is 11.0 Å². The number of rotatable bonds is 4. The average molecular weight is 223 g/mol. The molecule has 0 spiro atoms. The van der Waals surface area contributed by atoms with Crippen molar-refractivity contribution in [3.8, 4) is 0 Å². The highest BCUT2D eigenvalue weighted by molar-refractivity contribution is 5.78. The van der Waals surface area contributed by atoms with Crippen LogP contribution < -0.4 is 5.32 Å². The van der Waals surface area contributed by atoms with Crippen molar-refractivity contribution >= 4 is 5.91 Å². The Hall–Kier alpha value is -0.870. The molecule has 4 heteroatoms. The van der Waals surface area contributed by atoms with E-state index in [0.717, 1.165) is 45.8 Å². The van der Waals surface area contributed by atoms with Crippen LogP contribution in [-0.2, 0) is 4.79 Å². The van der Waals surface area contributed by atoms with E-state index in [0.29, 0.717) is 18.2 Å². The lowest BCUT2D eigenvalue weighted by Crippen LogP contribution is -2.46. The minimum Gasteiger partial charge on any atom is -0.341 e. The fourth-order valence-electron chi connectivity index (χ4n) is 2.37. The molecule has 2 heterocycles. The van der Waals surface area contributed by atoms with Crippen LogP contribution in [0.5, 0.6) is 0 Å². The van der Waals surface area contributed by atoms with Gasteiger partial charge in [-0.15, -0.1) is 6.58 Å². The van der Waals surface area contributed by atoms with Crippen LogP contribution in [-0.4, -0.2) is 61.5 Å². The third-order valence-corrected chi connectivity index (χ3v) is 3.47. The molecule has 16 heavy (non-hydrogen) atoms. The normalized spacial score (nSPS) is 27.4. The van der Waals surface area contributed by atoms with Crippen molar-refractivity contribution in [1.29, 1.82) is 0 Å². The van der Waals surface area contributed by atoms with E-state index in [4.69, 9.17) is 0 Å². The zero-order valence-electron chi connectivity index (χ0n) is 9.82. The number of piperazine rings is 1. The number of carbonyl (C=O) groups excluding carboxylic acids is 1. The number of nitrogens with zero attached hydrogens (tertiary/aromatic N) is 2. The molecule has 90 valence electrons. The zero-order valence-corrected chi connectivity index (χ0v) is 9.82.